The molecular weight excluding hydrogens is 240 g/mol. The van der Waals surface area contributed by atoms with Crippen LogP contribution in [0.4, 0.5) is 11.6 Å². The summed E-state index contributed by atoms with van der Waals surface area (Å²) in [5.41, 5.74) is 1.05. The van der Waals surface area contributed by atoms with Crippen molar-refractivity contribution in [3.05, 3.63) is 11.4 Å². The molecule has 0 spiro atoms. The highest BCUT2D eigenvalue weighted by molar-refractivity contribution is 5.56. The Morgan fingerprint density at radius 2 is 1.89 bits per heavy atom. The summed E-state index contributed by atoms with van der Waals surface area (Å²) >= 11 is 0. The quantitative estimate of drug-likeness (QED) is 0.708. The molecule has 0 atom stereocenters. The van der Waals surface area contributed by atoms with Crippen LogP contribution < -0.4 is 10.6 Å². The molecule has 0 fully saturated rings. The molecule has 2 N–H and O–H groups in total. The fourth-order valence-corrected chi connectivity index (χ4v) is 1.78. The summed E-state index contributed by atoms with van der Waals surface area (Å²) in [5, 5.41) is 6.45. The number of hydrogen-bond acceptors (Lipinski definition) is 5. The van der Waals surface area contributed by atoms with E-state index in [-0.39, 0.29) is 6.10 Å². The third kappa shape index (κ3) is 5.03. The van der Waals surface area contributed by atoms with Gasteiger partial charge < -0.3 is 15.4 Å². The lowest BCUT2D eigenvalue weighted by Crippen LogP contribution is -2.16. The number of ether oxygens (including phenoxy) is 1. The van der Waals surface area contributed by atoms with Crippen LogP contribution in [-0.2, 0) is 11.2 Å². The number of rotatable bonds is 8. The maximum atomic E-state index is 5.52. The largest absolute Gasteiger partial charge is 0.377 e. The number of anilines is 2. The van der Waals surface area contributed by atoms with Crippen LogP contribution in [-0.4, -0.2) is 36.3 Å². The molecule has 0 saturated heterocycles. The molecule has 0 aromatic carbocycles. The van der Waals surface area contributed by atoms with Crippen molar-refractivity contribution in [3.8, 4) is 0 Å². The molecule has 0 amide bonds. The average molecular weight is 266 g/mol. The molecule has 5 heteroatoms. The smallest absolute Gasteiger partial charge is 0.134 e. The molecule has 0 aliphatic carbocycles. The summed E-state index contributed by atoms with van der Waals surface area (Å²) in [4.78, 5) is 9.07. The molecule has 0 unspecified atom stereocenters. The van der Waals surface area contributed by atoms with Crippen LogP contribution in [0.15, 0.2) is 0 Å². The Labute approximate surface area is 116 Å². The Morgan fingerprint density at radius 1 is 1.21 bits per heavy atom. The number of aryl methyl sites for hydroxylation is 1. The van der Waals surface area contributed by atoms with E-state index in [0.29, 0.717) is 6.61 Å². The maximum absolute atomic E-state index is 5.52. The third-order valence-corrected chi connectivity index (χ3v) is 2.75. The number of nitrogens with one attached hydrogen (secondary N) is 2. The van der Waals surface area contributed by atoms with E-state index in [9.17, 15) is 0 Å². The fourth-order valence-electron chi connectivity index (χ4n) is 1.78. The highest BCUT2D eigenvalue weighted by atomic mass is 16.5. The summed E-state index contributed by atoms with van der Waals surface area (Å²) in [7, 11) is 1.89. The monoisotopic (exact) mass is 266 g/mol. The first-order valence-electron chi connectivity index (χ1n) is 6.99. The molecule has 1 rings (SSSR count). The molecule has 108 valence electrons. The van der Waals surface area contributed by atoms with E-state index in [1.54, 1.807) is 0 Å². The van der Waals surface area contributed by atoms with Gasteiger partial charge in [-0.2, -0.15) is 0 Å². The van der Waals surface area contributed by atoms with Gasteiger partial charge in [0.25, 0.3) is 0 Å². The van der Waals surface area contributed by atoms with Gasteiger partial charge in [0.2, 0.25) is 0 Å². The zero-order chi connectivity index (χ0) is 14.3. The summed E-state index contributed by atoms with van der Waals surface area (Å²) < 4.78 is 5.52. The van der Waals surface area contributed by atoms with Crippen LogP contribution >= 0.6 is 0 Å². The second kappa shape index (κ2) is 7.94. The molecule has 0 aliphatic heterocycles. The minimum Gasteiger partial charge on any atom is -0.377 e. The molecule has 0 saturated carbocycles. The maximum Gasteiger partial charge on any atom is 0.134 e. The number of nitrogens with zero attached hydrogens (tertiary/aromatic N) is 2. The lowest BCUT2D eigenvalue weighted by molar-refractivity contribution is 0.0870. The third-order valence-electron chi connectivity index (χ3n) is 2.75. The van der Waals surface area contributed by atoms with Crippen LogP contribution in [0.25, 0.3) is 0 Å². The summed E-state index contributed by atoms with van der Waals surface area (Å²) in [6, 6.07) is 0. The lowest BCUT2D eigenvalue weighted by Gasteiger charge is -2.14. The van der Waals surface area contributed by atoms with Gasteiger partial charge in [0, 0.05) is 25.6 Å². The molecule has 0 aliphatic rings. The average Bonchev–Trinajstić information content (AvgIpc) is 2.37. The van der Waals surface area contributed by atoms with Crippen LogP contribution in [0.1, 0.15) is 38.6 Å². The molecule has 0 bridgehead atoms. The first-order valence-corrected chi connectivity index (χ1v) is 6.99. The van der Waals surface area contributed by atoms with Gasteiger partial charge in [-0.3, -0.25) is 0 Å². The first-order chi connectivity index (χ1) is 9.08. The van der Waals surface area contributed by atoms with Crippen molar-refractivity contribution in [1.29, 1.82) is 0 Å². The van der Waals surface area contributed by atoms with Gasteiger partial charge >= 0.3 is 0 Å². The van der Waals surface area contributed by atoms with E-state index < -0.39 is 0 Å². The second-order valence-corrected chi connectivity index (χ2v) is 4.81. The second-order valence-electron chi connectivity index (χ2n) is 4.81. The van der Waals surface area contributed by atoms with Crippen molar-refractivity contribution in [2.45, 2.75) is 46.6 Å². The lowest BCUT2D eigenvalue weighted by atomic mass is 10.2. The van der Waals surface area contributed by atoms with E-state index in [1.165, 1.54) is 0 Å². The molecular formula is C14H26N4O. The zero-order valence-electron chi connectivity index (χ0n) is 12.7. The minimum absolute atomic E-state index is 0.261. The Hall–Kier alpha value is -1.36. The van der Waals surface area contributed by atoms with Gasteiger partial charge in [-0.05, 0) is 27.2 Å². The van der Waals surface area contributed by atoms with Gasteiger partial charge in [-0.25, -0.2) is 9.97 Å². The SMILES string of the molecule is CCCc1nc(NC)c(C)c(NCCOC(C)C)n1. The predicted molar refractivity (Wildman–Crippen MR) is 79.9 cm³/mol. The highest BCUT2D eigenvalue weighted by Gasteiger charge is 2.09. The summed E-state index contributed by atoms with van der Waals surface area (Å²) in [5.74, 6) is 2.67. The van der Waals surface area contributed by atoms with Crippen LogP contribution in [0, 0.1) is 6.92 Å². The molecule has 1 aromatic heterocycles. The molecule has 5 nitrogen and oxygen atoms in total. The number of aromatic nitrogens is 2. The zero-order valence-corrected chi connectivity index (χ0v) is 12.7. The van der Waals surface area contributed by atoms with Crippen molar-refractivity contribution in [1.82, 2.24) is 9.97 Å². The topological polar surface area (TPSA) is 59.1 Å². The van der Waals surface area contributed by atoms with Gasteiger partial charge in [-0.15, -0.1) is 0 Å². The van der Waals surface area contributed by atoms with E-state index in [2.05, 4.69) is 27.5 Å². The highest BCUT2D eigenvalue weighted by Crippen LogP contribution is 2.19. The normalized spacial score (nSPS) is 10.8. The van der Waals surface area contributed by atoms with Crippen molar-refractivity contribution >= 4 is 11.6 Å². The Bertz CT molecular complexity index is 393. The van der Waals surface area contributed by atoms with E-state index in [1.807, 2.05) is 27.8 Å². The minimum atomic E-state index is 0.261. The van der Waals surface area contributed by atoms with Crippen molar-refractivity contribution in [3.63, 3.8) is 0 Å². The summed E-state index contributed by atoms with van der Waals surface area (Å²) in [6.45, 7) is 9.66. The van der Waals surface area contributed by atoms with E-state index in [0.717, 1.165) is 42.4 Å². The van der Waals surface area contributed by atoms with E-state index >= 15 is 0 Å². The van der Waals surface area contributed by atoms with Gasteiger partial charge in [0.1, 0.15) is 17.5 Å². The number of hydrogen-bond donors (Lipinski definition) is 2. The van der Waals surface area contributed by atoms with Gasteiger partial charge in [0.15, 0.2) is 0 Å². The first kappa shape index (κ1) is 15.7. The summed E-state index contributed by atoms with van der Waals surface area (Å²) in [6.07, 6.45) is 2.20. The molecule has 19 heavy (non-hydrogen) atoms. The Morgan fingerprint density at radius 3 is 2.47 bits per heavy atom. The predicted octanol–water partition coefficient (Wildman–Crippen LogP) is 2.62. The van der Waals surface area contributed by atoms with Crippen LogP contribution in [0.5, 0.6) is 0 Å². The van der Waals surface area contributed by atoms with Crippen LogP contribution in [0.3, 0.4) is 0 Å². The van der Waals surface area contributed by atoms with E-state index in [4.69, 9.17) is 4.74 Å². The Kier molecular flexibility index (Phi) is 6.56. The van der Waals surface area contributed by atoms with Crippen molar-refractivity contribution in [2.24, 2.45) is 0 Å². The van der Waals surface area contributed by atoms with Crippen LogP contribution in [0.2, 0.25) is 0 Å². The Balaban J connectivity index is 2.71. The molecule has 1 aromatic rings. The molecule has 1 heterocycles. The van der Waals surface area contributed by atoms with Gasteiger partial charge in [-0.1, -0.05) is 6.92 Å². The van der Waals surface area contributed by atoms with Gasteiger partial charge in [0.05, 0.1) is 12.7 Å². The standard InChI is InChI=1S/C14H26N4O/c1-6-7-12-17-13(15-5)11(4)14(18-12)16-8-9-19-10(2)3/h10H,6-9H2,1-5H3,(H2,15,16,17,18). The molecule has 0 radical (unpaired) electrons. The van der Waals surface area contributed by atoms with Crippen molar-refractivity contribution < 1.29 is 4.74 Å². The fraction of sp³-hybridized carbons (Fsp3) is 0.714. The van der Waals surface area contributed by atoms with Crippen molar-refractivity contribution in [2.75, 3.05) is 30.8 Å².